The van der Waals surface area contributed by atoms with Gasteiger partial charge < -0.3 is 25.1 Å². The second-order valence-corrected chi connectivity index (χ2v) is 11.6. The number of anilines is 1. The van der Waals surface area contributed by atoms with Crippen molar-refractivity contribution in [2.24, 2.45) is 10.6 Å². The third-order valence-corrected chi connectivity index (χ3v) is 8.21. The summed E-state index contributed by atoms with van der Waals surface area (Å²) in [4.78, 5) is 60.0. The van der Waals surface area contributed by atoms with Crippen LogP contribution in [0, 0.1) is 5.41 Å². The maximum Gasteiger partial charge on any atom is 0.316 e. The van der Waals surface area contributed by atoms with Crippen molar-refractivity contribution in [3.8, 4) is 0 Å². The molecule has 3 amide bonds. The molecule has 2 aliphatic heterocycles. The summed E-state index contributed by atoms with van der Waals surface area (Å²) >= 11 is 4.09. The average Bonchev–Trinajstić information content (AvgIpc) is 3.23. The van der Waals surface area contributed by atoms with Gasteiger partial charge in [-0.1, -0.05) is 5.16 Å². The second-order valence-electron chi connectivity index (χ2n) is 8.76. The van der Waals surface area contributed by atoms with E-state index < -0.39 is 23.0 Å². The van der Waals surface area contributed by atoms with Gasteiger partial charge in [-0.05, 0) is 27.0 Å². The molecule has 0 bridgehead atoms. The summed E-state index contributed by atoms with van der Waals surface area (Å²) in [6, 6.07) is -0.767. The number of nitrogens with one attached hydrogen (secondary N) is 2. The summed E-state index contributed by atoms with van der Waals surface area (Å²) in [5.41, 5.74) is -1.36. The van der Waals surface area contributed by atoms with Crippen LogP contribution in [0.4, 0.5) is 5.13 Å². The van der Waals surface area contributed by atoms with Gasteiger partial charge in [0.05, 0.1) is 0 Å². The molecule has 1 aromatic heterocycles. The van der Waals surface area contributed by atoms with Crippen LogP contribution in [-0.4, -0.2) is 88.2 Å². The van der Waals surface area contributed by atoms with Crippen molar-refractivity contribution in [3.63, 3.8) is 0 Å². The number of thioether (sulfide) groups is 2. The SMILES string of the molecule is CON=C(C(=O)NC1C(=O)N2CC(CSC)(C(=O)OC(C)(C)C)CS[C@H]12)c1csc(NC=O)n1. The summed E-state index contributed by atoms with van der Waals surface area (Å²) in [7, 11) is 1.29. The number of β-lactam (4-membered cyclic amide) rings is 1. The Morgan fingerprint density at radius 1 is 1.44 bits per heavy atom. The van der Waals surface area contributed by atoms with Crippen molar-refractivity contribution in [2.75, 3.05) is 36.7 Å². The lowest BCUT2D eigenvalue weighted by atomic mass is 9.88. The predicted octanol–water partition coefficient (Wildman–Crippen LogP) is 1.15. The van der Waals surface area contributed by atoms with Gasteiger partial charge in [0.15, 0.2) is 10.8 Å². The van der Waals surface area contributed by atoms with E-state index in [-0.39, 0.29) is 35.2 Å². The minimum absolute atomic E-state index is 0.116. The number of fused-ring (bicyclic) bond motifs is 1. The number of oxime groups is 1. The largest absolute Gasteiger partial charge is 0.459 e. The van der Waals surface area contributed by atoms with Crippen LogP contribution in [0.15, 0.2) is 10.5 Å². The molecule has 0 saturated carbocycles. The van der Waals surface area contributed by atoms with Gasteiger partial charge in [-0.15, -0.1) is 23.1 Å². The Morgan fingerprint density at radius 2 is 2.18 bits per heavy atom. The van der Waals surface area contributed by atoms with Crippen molar-refractivity contribution < 1.29 is 28.8 Å². The van der Waals surface area contributed by atoms with Crippen molar-refractivity contribution >= 4 is 69.9 Å². The molecule has 0 spiro atoms. The number of rotatable bonds is 9. The lowest BCUT2D eigenvalue weighted by molar-refractivity contribution is -0.170. The Labute approximate surface area is 209 Å². The number of nitrogens with zero attached hydrogens (tertiary/aromatic N) is 3. The summed E-state index contributed by atoms with van der Waals surface area (Å²) in [5.74, 6) is -0.239. The van der Waals surface area contributed by atoms with Gasteiger partial charge in [-0.2, -0.15) is 11.8 Å². The molecule has 3 atom stereocenters. The van der Waals surface area contributed by atoms with Gasteiger partial charge in [0, 0.05) is 23.4 Å². The van der Waals surface area contributed by atoms with Crippen molar-refractivity contribution in [3.05, 3.63) is 11.1 Å². The van der Waals surface area contributed by atoms with Crippen molar-refractivity contribution in [1.29, 1.82) is 0 Å². The van der Waals surface area contributed by atoms with E-state index in [0.29, 0.717) is 23.0 Å². The van der Waals surface area contributed by atoms with E-state index in [1.165, 1.54) is 30.6 Å². The second kappa shape index (κ2) is 10.5. The number of hydrogen-bond acceptors (Lipinski definition) is 11. The van der Waals surface area contributed by atoms with E-state index in [4.69, 9.17) is 9.57 Å². The van der Waals surface area contributed by atoms with E-state index >= 15 is 0 Å². The average molecular weight is 530 g/mol. The Kier molecular flexibility index (Phi) is 8.14. The van der Waals surface area contributed by atoms with E-state index in [1.807, 2.05) is 27.0 Å². The van der Waals surface area contributed by atoms with Crippen molar-refractivity contribution in [2.45, 2.75) is 37.8 Å². The number of amides is 3. The molecule has 2 fully saturated rings. The van der Waals surface area contributed by atoms with E-state index in [0.717, 1.165) is 11.3 Å². The lowest BCUT2D eigenvalue weighted by Crippen LogP contribution is -2.74. The highest BCUT2D eigenvalue weighted by atomic mass is 32.2. The standard InChI is InChI=1S/C20H27N5O6S3/c1-19(2,3)31-17(29)20(8-32-5)7-25-15(28)13(16(25)34-9-20)23-14(27)12(24-30-4)11-6-33-18(22-11)21-10-26/h6,10,13,16H,7-9H2,1-5H3,(H,23,27)(H,21,22,26)/t13?,16-,20?/m1/s1. The molecule has 0 radical (unpaired) electrons. The molecule has 34 heavy (non-hydrogen) atoms. The first kappa shape index (κ1) is 26.3. The van der Waals surface area contributed by atoms with Crippen LogP contribution in [-0.2, 0) is 28.8 Å². The third-order valence-electron chi connectivity index (χ3n) is 5.01. The zero-order valence-corrected chi connectivity index (χ0v) is 21.9. The number of carbonyl (C=O) groups excluding carboxylic acids is 4. The highest BCUT2D eigenvalue weighted by Gasteiger charge is 2.58. The Balaban J connectivity index is 1.71. The number of ether oxygens (including phenoxy) is 1. The number of hydrogen-bond donors (Lipinski definition) is 2. The van der Waals surface area contributed by atoms with Gasteiger partial charge >= 0.3 is 5.97 Å². The van der Waals surface area contributed by atoms with Crippen LogP contribution < -0.4 is 10.6 Å². The highest BCUT2D eigenvalue weighted by Crippen LogP contribution is 2.44. The number of thiazole rings is 1. The predicted molar refractivity (Wildman–Crippen MR) is 132 cm³/mol. The fourth-order valence-electron chi connectivity index (χ4n) is 3.56. The smallest absolute Gasteiger partial charge is 0.316 e. The molecule has 2 N–H and O–H groups in total. The number of aromatic nitrogens is 1. The molecule has 0 aliphatic carbocycles. The van der Waals surface area contributed by atoms with Gasteiger partial charge in [-0.3, -0.25) is 19.2 Å². The quantitative estimate of drug-likeness (QED) is 0.159. The zero-order valence-electron chi connectivity index (χ0n) is 19.4. The van der Waals surface area contributed by atoms with Crippen LogP contribution in [0.5, 0.6) is 0 Å². The summed E-state index contributed by atoms with van der Waals surface area (Å²) in [6.07, 6.45) is 2.39. The van der Waals surface area contributed by atoms with E-state index in [1.54, 1.807) is 10.3 Å². The molecular weight excluding hydrogens is 502 g/mol. The monoisotopic (exact) mass is 529 g/mol. The molecule has 2 unspecified atom stereocenters. The molecule has 1 aromatic rings. The van der Waals surface area contributed by atoms with Crippen molar-refractivity contribution in [1.82, 2.24) is 15.2 Å². The summed E-state index contributed by atoms with van der Waals surface area (Å²) < 4.78 is 5.66. The van der Waals surface area contributed by atoms with E-state index in [9.17, 15) is 19.2 Å². The van der Waals surface area contributed by atoms with E-state index in [2.05, 4.69) is 20.8 Å². The molecule has 11 nitrogen and oxygen atoms in total. The molecular formula is C20H27N5O6S3. The van der Waals surface area contributed by atoms with Crippen LogP contribution in [0.25, 0.3) is 0 Å². The fourth-order valence-corrected chi connectivity index (χ4v) is 6.75. The third kappa shape index (κ3) is 5.49. The summed E-state index contributed by atoms with van der Waals surface area (Å²) in [6.45, 7) is 5.68. The molecule has 186 valence electrons. The maximum absolute atomic E-state index is 13.0. The fraction of sp³-hybridized carbons (Fsp3) is 0.600. The van der Waals surface area contributed by atoms with Crippen LogP contribution in [0.1, 0.15) is 26.5 Å². The van der Waals surface area contributed by atoms with Crippen LogP contribution in [0.2, 0.25) is 0 Å². The minimum Gasteiger partial charge on any atom is -0.459 e. The molecule has 2 aliphatic rings. The minimum atomic E-state index is -0.816. The summed E-state index contributed by atoms with van der Waals surface area (Å²) in [5, 5.41) is 10.4. The molecule has 3 heterocycles. The van der Waals surface area contributed by atoms with Gasteiger partial charge in [-0.25, -0.2) is 4.98 Å². The molecule has 2 saturated heterocycles. The number of carbonyl (C=O) groups is 4. The number of esters is 1. The van der Waals surface area contributed by atoms with Gasteiger partial charge in [0.1, 0.15) is 35.2 Å². The zero-order chi connectivity index (χ0) is 25.1. The Morgan fingerprint density at radius 3 is 2.79 bits per heavy atom. The van der Waals surface area contributed by atoms with Gasteiger partial charge in [0.25, 0.3) is 5.91 Å². The first-order valence-corrected chi connectivity index (χ1v) is 13.6. The van der Waals surface area contributed by atoms with Crippen LogP contribution >= 0.6 is 34.9 Å². The maximum atomic E-state index is 13.0. The molecule has 3 rings (SSSR count). The van der Waals surface area contributed by atoms with Crippen LogP contribution in [0.3, 0.4) is 0 Å². The first-order chi connectivity index (χ1) is 16.0. The highest BCUT2D eigenvalue weighted by molar-refractivity contribution is 8.00. The Bertz CT molecular complexity index is 994. The molecule has 0 aromatic carbocycles. The topological polar surface area (TPSA) is 139 Å². The van der Waals surface area contributed by atoms with Gasteiger partial charge in [0.2, 0.25) is 12.3 Å². The lowest BCUT2D eigenvalue weighted by Gasteiger charge is -2.54. The normalized spacial score (nSPS) is 24.6. The Hall–Kier alpha value is -2.32. The molecule has 14 heteroatoms. The first-order valence-electron chi connectivity index (χ1n) is 10.3.